The molecule has 0 unspecified atom stereocenters. The number of rotatable bonds is 2. The van der Waals surface area contributed by atoms with Gasteiger partial charge in [0.05, 0.1) is 17.1 Å². The summed E-state index contributed by atoms with van der Waals surface area (Å²) >= 11 is 0. The van der Waals surface area contributed by atoms with Gasteiger partial charge in [-0.25, -0.2) is 4.79 Å². The maximum absolute atomic E-state index is 13.0. The summed E-state index contributed by atoms with van der Waals surface area (Å²) in [5, 5.41) is 15.3. The molecule has 2 aromatic rings. The van der Waals surface area contributed by atoms with Crippen molar-refractivity contribution in [1.29, 1.82) is 0 Å². The van der Waals surface area contributed by atoms with E-state index < -0.39 is 0 Å². The van der Waals surface area contributed by atoms with Crippen LogP contribution in [0.5, 0.6) is 5.75 Å². The predicted octanol–water partition coefficient (Wildman–Crippen LogP) is 4.12. The SMILES string of the molecule is CC1=CN(c2ccc(O)cc2)C(=O)N(c2ccccc2)N=C1C. The quantitative estimate of drug-likeness (QED) is 0.907. The van der Waals surface area contributed by atoms with Crippen LogP contribution >= 0.6 is 0 Å². The molecule has 3 rings (SSSR count). The van der Waals surface area contributed by atoms with E-state index in [4.69, 9.17) is 0 Å². The molecule has 0 bridgehead atoms. The highest BCUT2D eigenvalue weighted by Crippen LogP contribution is 2.26. The first-order chi connectivity index (χ1) is 11.1. The second-order valence-corrected chi connectivity index (χ2v) is 5.31. The van der Waals surface area contributed by atoms with Crippen LogP contribution in [0, 0.1) is 0 Å². The van der Waals surface area contributed by atoms with Gasteiger partial charge in [0, 0.05) is 6.20 Å². The minimum absolute atomic E-state index is 0.157. The highest BCUT2D eigenvalue weighted by Gasteiger charge is 2.25. The third-order valence-electron chi connectivity index (χ3n) is 3.66. The van der Waals surface area contributed by atoms with Crippen molar-refractivity contribution in [2.75, 3.05) is 9.91 Å². The topological polar surface area (TPSA) is 56.1 Å². The van der Waals surface area contributed by atoms with E-state index in [9.17, 15) is 9.90 Å². The van der Waals surface area contributed by atoms with E-state index in [1.807, 2.05) is 44.2 Å². The molecule has 0 fully saturated rings. The number of phenols is 1. The van der Waals surface area contributed by atoms with Crippen LogP contribution in [0.15, 0.2) is 71.5 Å². The fraction of sp³-hybridized carbons (Fsp3) is 0.111. The zero-order valence-corrected chi connectivity index (χ0v) is 13.0. The minimum Gasteiger partial charge on any atom is -0.508 e. The van der Waals surface area contributed by atoms with Crippen LogP contribution in [-0.4, -0.2) is 16.8 Å². The Bertz CT molecular complexity index is 780. The maximum Gasteiger partial charge on any atom is 0.353 e. The first-order valence-electron chi connectivity index (χ1n) is 7.27. The Hall–Kier alpha value is -3.08. The molecule has 2 aromatic carbocycles. The largest absolute Gasteiger partial charge is 0.508 e. The summed E-state index contributed by atoms with van der Waals surface area (Å²) in [5.74, 6) is 0.157. The van der Waals surface area contributed by atoms with Crippen molar-refractivity contribution in [1.82, 2.24) is 0 Å². The minimum atomic E-state index is -0.280. The highest BCUT2D eigenvalue weighted by molar-refractivity contribution is 6.10. The van der Waals surface area contributed by atoms with Crippen molar-refractivity contribution in [2.24, 2.45) is 5.10 Å². The zero-order chi connectivity index (χ0) is 16.4. The number of amides is 2. The van der Waals surface area contributed by atoms with Gasteiger partial charge in [0.2, 0.25) is 0 Å². The fourth-order valence-electron chi connectivity index (χ4n) is 2.25. The van der Waals surface area contributed by atoms with Crippen molar-refractivity contribution in [3.63, 3.8) is 0 Å². The summed E-state index contributed by atoms with van der Waals surface area (Å²) < 4.78 is 0. The van der Waals surface area contributed by atoms with Gasteiger partial charge in [-0.15, -0.1) is 0 Å². The summed E-state index contributed by atoms with van der Waals surface area (Å²) in [6.45, 7) is 3.78. The number of phenolic OH excluding ortho intramolecular Hbond substituents is 1. The lowest BCUT2D eigenvalue weighted by Crippen LogP contribution is -2.36. The molecule has 0 saturated heterocycles. The molecule has 1 N–H and O–H groups in total. The molecule has 5 heteroatoms. The van der Waals surface area contributed by atoms with E-state index in [0.29, 0.717) is 11.4 Å². The number of para-hydroxylation sites is 1. The molecule has 1 aliphatic rings. The molecule has 0 radical (unpaired) electrons. The first kappa shape index (κ1) is 14.8. The molecule has 2 amide bonds. The van der Waals surface area contributed by atoms with E-state index in [-0.39, 0.29) is 11.8 Å². The van der Waals surface area contributed by atoms with Crippen LogP contribution < -0.4 is 9.91 Å². The molecule has 1 heterocycles. The number of carbonyl (C=O) groups excluding carboxylic acids is 1. The average Bonchev–Trinajstić information content (AvgIpc) is 2.68. The molecule has 0 saturated carbocycles. The van der Waals surface area contributed by atoms with E-state index in [2.05, 4.69) is 5.10 Å². The third kappa shape index (κ3) is 2.94. The predicted molar refractivity (Wildman–Crippen MR) is 91.8 cm³/mol. The lowest BCUT2D eigenvalue weighted by molar-refractivity contribution is 0.253. The van der Waals surface area contributed by atoms with E-state index in [1.165, 1.54) is 9.91 Å². The van der Waals surface area contributed by atoms with Crippen LogP contribution in [0.25, 0.3) is 0 Å². The Morgan fingerprint density at radius 3 is 2.22 bits per heavy atom. The molecule has 116 valence electrons. The highest BCUT2D eigenvalue weighted by atomic mass is 16.3. The monoisotopic (exact) mass is 307 g/mol. The Morgan fingerprint density at radius 1 is 0.913 bits per heavy atom. The molecule has 23 heavy (non-hydrogen) atoms. The normalized spacial score (nSPS) is 15.1. The Labute approximate surface area is 134 Å². The number of hydrazone groups is 1. The van der Waals surface area contributed by atoms with Gasteiger partial charge in [0.1, 0.15) is 5.75 Å². The van der Waals surface area contributed by atoms with Gasteiger partial charge in [-0.1, -0.05) is 18.2 Å². The second-order valence-electron chi connectivity index (χ2n) is 5.31. The van der Waals surface area contributed by atoms with Crippen molar-refractivity contribution >= 4 is 23.1 Å². The molecule has 1 aliphatic heterocycles. The van der Waals surface area contributed by atoms with Gasteiger partial charge < -0.3 is 5.11 Å². The molecule has 5 nitrogen and oxygen atoms in total. The number of hydrogen-bond acceptors (Lipinski definition) is 3. The number of aromatic hydroxyl groups is 1. The first-order valence-corrected chi connectivity index (χ1v) is 7.27. The van der Waals surface area contributed by atoms with Gasteiger partial charge in [-0.2, -0.15) is 10.1 Å². The molecule has 0 aliphatic carbocycles. The third-order valence-corrected chi connectivity index (χ3v) is 3.66. The molecular weight excluding hydrogens is 290 g/mol. The summed E-state index contributed by atoms with van der Waals surface area (Å²) in [6.07, 6.45) is 1.76. The molecular formula is C18H17N3O2. The summed E-state index contributed by atoms with van der Waals surface area (Å²) in [4.78, 5) is 14.5. The lowest BCUT2D eigenvalue weighted by Gasteiger charge is -2.23. The Morgan fingerprint density at radius 2 is 1.57 bits per heavy atom. The van der Waals surface area contributed by atoms with Crippen LogP contribution in [0.1, 0.15) is 13.8 Å². The van der Waals surface area contributed by atoms with Gasteiger partial charge in [-0.05, 0) is 55.8 Å². The zero-order valence-electron chi connectivity index (χ0n) is 13.0. The number of benzene rings is 2. The number of nitrogens with zero attached hydrogens (tertiary/aromatic N) is 3. The molecule has 0 atom stereocenters. The fourth-order valence-corrected chi connectivity index (χ4v) is 2.25. The van der Waals surface area contributed by atoms with E-state index in [1.54, 1.807) is 30.5 Å². The average molecular weight is 307 g/mol. The van der Waals surface area contributed by atoms with Crippen molar-refractivity contribution < 1.29 is 9.90 Å². The number of urea groups is 1. The second kappa shape index (κ2) is 5.96. The summed E-state index contributed by atoms with van der Waals surface area (Å²) in [7, 11) is 0. The summed E-state index contributed by atoms with van der Waals surface area (Å²) in [5.41, 5.74) is 3.02. The standard InChI is InChI=1S/C18H17N3O2/c1-13-12-20(15-8-10-17(22)11-9-15)18(23)21(19-14(13)2)16-6-4-3-5-7-16/h3-12,22H,1-2H3. The van der Waals surface area contributed by atoms with Crippen LogP contribution in [0.2, 0.25) is 0 Å². The van der Waals surface area contributed by atoms with Crippen molar-refractivity contribution in [3.8, 4) is 5.75 Å². The van der Waals surface area contributed by atoms with Crippen molar-refractivity contribution in [3.05, 3.63) is 66.4 Å². The van der Waals surface area contributed by atoms with Crippen LogP contribution in [0.3, 0.4) is 0 Å². The Kier molecular flexibility index (Phi) is 3.85. The number of carbonyl (C=O) groups is 1. The molecule has 0 spiro atoms. The smallest absolute Gasteiger partial charge is 0.353 e. The van der Waals surface area contributed by atoms with Crippen LogP contribution in [0.4, 0.5) is 16.2 Å². The van der Waals surface area contributed by atoms with Crippen molar-refractivity contribution in [2.45, 2.75) is 13.8 Å². The number of hydrogen-bond donors (Lipinski definition) is 1. The van der Waals surface area contributed by atoms with Gasteiger partial charge >= 0.3 is 6.03 Å². The van der Waals surface area contributed by atoms with Gasteiger partial charge in [0.15, 0.2) is 0 Å². The number of anilines is 2. The van der Waals surface area contributed by atoms with E-state index >= 15 is 0 Å². The maximum atomic E-state index is 13.0. The van der Waals surface area contributed by atoms with Gasteiger partial charge in [0.25, 0.3) is 0 Å². The number of allylic oxidation sites excluding steroid dienone is 1. The van der Waals surface area contributed by atoms with Gasteiger partial charge in [-0.3, -0.25) is 4.90 Å². The Balaban J connectivity index is 2.07. The molecule has 0 aromatic heterocycles. The lowest BCUT2D eigenvalue weighted by atomic mass is 10.2. The summed E-state index contributed by atoms with van der Waals surface area (Å²) in [6, 6.07) is 15.5. The van der Waals surface area contributed by atoms with Crippen LogP contribution in [-0.2, 0) is 0 Å². The van der Waals surface area contributed by atoms with E-state index in [0.717, 1.165) is 11.3 Å².